The van der Waals surface area contributed by atoms with Crippen LogP contribution in [0, 0.1) is 5.92 Å². The van der Waals surface area contributed by atoms with E-state index in [1.54, 1.807) is 0 Å². The van der Waals surface area contributed by atoms with E-state index in [0.29, 0.717) is 16.7 Å². The van der Waals surface area contributed by atoms with Crippen LogP contribution in [-0.2, 0) is 30.5 Å². The molecule has 9 nitrogen and oxygen atoms in total. The zero-order valence-corrected chi connectivity index (χ0v) is 24.7. The number of thioether (sulfide) groups is 1. The molecule has 1 atom stereocenters. The number of hydrogen-bond donors (Lipinski definition) is 2. The molecule has 0 amide bonds. The highest BCUT2D eigenvalue weighted by atomic mass is 32.2. The van der Waals surface area contributed by atoms with E-state index in [-0.39, 0.29) is 0 Å². The van der Waals surface area contributed by atoms with Crippen LogP contribution in [-0.4, -0.2) is 72.3 Å². The molecule has 0 aromatic carbocycles. The van der Waals surface area contributed by atoms with Gasteiger partial charge in [0.1, 0.15) is 5.82 Å². The van der Waals surface area contributed by atoms with Crippen LogP contribution in [0.2, 0.25) is 0 Å². The highest BCUT2D eigenvalue weighted by Crippen LogP contribution is 2.48. The lowest BCUT2D eigenvalue weighted by molar-refractivity contribution is -0.192. The number of aryl methyl sites for hydroxylation is 1. The van der Waals surface area contributed by atoms with Crippen molar-refractivity contribution in [3.63, 3.8) is 0 Å². The molecule has 1 saturated heterocycles. The number of anilines is 2. The largest absolute Gasteiger partial charge is 0.490 e. The molecule has 0 bridgehead atoms. The van der Waals surface area contributed by atoms with E-state index in [1.807, 2.05) is 0 Å². The maximum atomic E-state index is 10.6. The highest BCUT2D eigenvalue weighted by molar-refractivity contribution is 8.00. The minimum atomic E-state index is -5.08. The van der Waals surface area contributed by atoms with Crippen LogP contribution in [0.15, 0.2) is 0 Å². The molecule has 3 heterocycles. The second-order valence-corrected chi connectivity index (χ2v) is 13.5. The molecule has 2 aromatic heterocycles. The number of aliphatic carboxylic acids is 1. The Kier molecular flexibility index (Phi) is 9.01. The van der Waals surface area contributed by atoms with Crippen LogP contribution in [0.3, 0.4) is 0 Å². The lowest BCUT2D eigenvalue weighted by Crippen LogP contribution is -2.37. The molecule has 3 aliphatic carbocycles. The van der Waals surface area contributed by atoms with Crippen molar-refractivity contribution in [1.29, 1.82) is 0 Å². The molecule has 13 heteroatoms. The third-order valence-corrected chi connectivity index (χ3v) is 10.1. The number of aromatic nitrogens is 5. The lowest BCUT2D eigenvalue weighted by atomic mass is 9.88. The summed E-state index contributed by atoms with van der Waals surface area (Å²) in [5.41, 5.74) is 5.35. The Hall–Kier alpha value is -2.57. The van der Waals surface area contributed by atoms with Crippen LogP contribution in [0.4, 0.5) is 24.9 Å². The summed E-state index contributed by atoms with van der Waals surface area (Å²) in [6, 6.07) is 0.474. The van der Waals surface area contributed by atoms with Gasteiger partial charge in [-0.2, -0.15) is 29.9 Å². The van der Waals surface area contributed by atoms with E-state index in [2.05, 4.69) is 50.8 Å². The van der Waals surface area contributed by atoms with Crippen LogP contribution in [0.25, 0.3) is 0 Å². The number of nitrogens with zero attached hydrogens (tertiary/aromatic N) is 6. The van der Waals surface area contributed by atoms with Gasteiger partial charge in [-0.3, -0.25) is 0 Å². The van der Waals surface area contributed by atoms with Gasteiger partial charge in [0.25, 0.3) is 0 Å². The monoisotopic (exact) mass is 595 g/mol. The Morgan fingerprint density at radius 2 is 1.80 bits per heavy atom. The zero-order chi connectivity index (χ0) is 29.2. The fourth-order valence-corrected chi connectivity index (χ4v) is 7.34. The average Bonchev–Trinajstić information content (AvgIpc) is 3.58. The Balaban J connectivity index is 0.000000431. The number of halogens is 3. The van der Waals surface area contributed by atoms with Crippen LogP contribution >= 0.6 is 11.8 Å². The highest BCUT2D eigenvalue weighted by Gasteiger charge is 2.42. The third kappa shape index (κ3) is 7.09. The molecular formula is C28H40F3N7O2S. The number of carboxylic acid groups (broad SMARTS) is 1. The molecule has 1 saturated carbocycles. The first kappa shape index (κ1) is 29.9. The summed E-state index contributed by atoms with van der Waals surface area (Å²) >= 11 is 2.09. The predicted molar refractivity (Wildman–Crippen MR) is 153 cm³/mol. The third-order valence-electron chi connectivity index (χ3n) is 8.63. The van der Waals surface area contributed by atoms with Crippen molar-refractivity contribution < 1.29 is 23.1 Å². The van der Waals surface area contributed by atoms with Gasteiger partial charge >= 0.3 is 12.1 Å². The van der Waals surface area contributed by atoms with Gasteiger partial charge < -0.3 is 15.3 Å². The summed E-state index contributed by atoms with van der Waals surface area (Å²) in [5, 5.41) is 19.9. The SMILES string of the molecule is CCSC1(CNc2nc3c(c(N4CCC(n5nnc6c5CCCC6)CC4)n2)CCC(C)C3)CC1.O=C(O)C(F)(F)F. The topological polar surface area (TPSA) is 109 Å². The number of piperidine rings is 1. The number of hydrogen-bond acceptors (Lipinski definition) is 8. The minimum Gasteiger partial charge on any atom is -0.475 e. The quantitative estimate of drug-likeness (QED) is 0.444. The maximum absolute atomic E-state index is 10.6. The Morgan fingerprint density at radius 1 is 1.10 bits per heavy atom. The van der Waals surface area contributed by atoms with E-state index in [9.17, 15) is 13.2 Å². The fraction of sp³-hybridized carbons (Fsp3) is 0.750. The number of nitrogens with one attached hydrogen (secondary N) is 1. The van der Waals surface area contributed by atoms with Gasteiger partial charge in [-0.05, 0) is 82.3 Å². The molecule has 2 fully saturated rings. The predicted octanol–water partition coefficient (Wildman–Crippen LogP) is 5.24. The van der Waals surface area contributed by atoms with E-state index < -0.39 is 12.1 Å². The van der Waals surface area contributed by atoms with Gasteiger partial charge in [-0.25, -0.2) is 14.5 Å². The second kappa shape index (κ2) is 12.3. The first-order valence-corrected chi connectivity index (χ1v) is 15.8. The first-order chi connectivity index (χ1) is 19.6. The number of fused-ring (bicyclic) bond motifs is 2. The zero-order valence-electron chi connectivity index (χ0n) is 23.8. The van der Waals surface area contributed by atoms with Crippen molar-refractivity contribution in [3.8, 4) is 0 Å². The van der Waals surface area contributed by atoms with Gasteiger partial charge in [-0.1, -0.05) is 19.1 Å². The standard InChI is InChI=1S/C26H39N7S.C2HF3O2/c1-3-34-26(12-13-26)17-27-25-28-22-16-18(2)8-9-20(22)24(29-25)32-14-10-19(11-15-32)33-23-7-5-4-6-21(23)30-31-33;3-2(4,5)1(6)7/h18-19H,3-17H2,1-2H3,(H,27,28,29);(H,6,7). The molecule has 1 unspecified atom stereocenters. The Labute approximate surface area is 243 Å². The smallest absolute Gasteiger partial charge is 0.475 e. The Morgan fingerprint density at radius 3 is 2.46 bits per heavy atom. The van der Waals surface area contributed by atoms with Crippen LogP contribution < -0.4 is 10.2 Å². The number of carboxylic acids is 1. The molecule has 41 heavy (non-hydrogen) atoms. The van der Waals surface area contributed by atoms with Crippen molar-refractivity contribution in [3.05, 3.63) is 22.6 Å². The first-order valence-electron chi connectivity index (χ1n) is 14.8. The summed E-state index contributed by atoms with van der Waals surface area (Å²) in [5.74, 6) is 1.18. The molecule has 226 valence electrons. The second-order valence-electron chi connectivity index (χ2n) is 11.8. The number of alkyl halides is 3. The van der Waals surface area contributed by atoms with Gasteiger partial charge in [0.15, 0.2) is 0 Å². The van der Waals surface area contributed by atoms with E-state index in [0.717, 1.165) is 64.1 Å². The molecule has 2 aromatic rings. The molecule has 6 rings (SSSR count). The maximum Gasteiger partial charge on any atom is 0.490 e. The normalized spacial score (nSPS) is 21.8. The van der Waals surface area contributed by atoms with Gasteiger partial charge in [0.2, 0.25) is 5.95 Å². The van der Waals surface area contributed by atoms with Gasteiger partial charge in [0.05, 0.1) is 23.1 Å². The summed E-state index contributed by atoms with van der Waals surface area (Å²) in [6.45, 7) is 7.68. The number of rotatable bonds is 7. The molecule has 1 aliphatic heterocycles. The van der Waals surface area contributed by atoms with Gasteiger partial charge in [-0.15, -0.1) is 5.10 Å². The van der Waals surface area contributed by atoms with Gasteiger partial charge in [0, 0.05) is 29.9 Å². The van der Waals surface area contributed by atoms with Crippen molar-refractivity contribution in [2.75, 3.05) is 35.6 Å². The van der Waals surface area contributed by atoms with Crippen molar-refractivity contribution in [2.24, 2.45) is 5.92 Å². The van der Waals surface area contributed by atoms with E-state index in [1.165, 1.54) is 66.3 Å². The summed E-state index contributed by atoms with van der Waals surface area (Å²) < 4.78 is 34.4. The van der Waals surface area contributed by atoms with Crippen molar-refractivity contribution in [1.82, 2.24) is 25.0 Å². The summed E-state index contributed by atoms with van der Waals surface area (Å²) in [7, 11) is 0. The molecular weight excluding hydrogens is 555 g/mol. The van der Waals surface area contributed by atoms with E-state index >= 15 is 0 Å². The Bertz CT molecular complexity index is 1230. The van der Waals surface area contributed by atoms with Crippen molar-refractivity contribution in [2.45, 2.75) is 101 Å². The summed E-state index contributed by atoms with van der Waals surface area (Å²) in [4.78, 5) is 21.6. The lowest BCUT2D eigenvalue weighted by Gasteiger charge is -2.36. The fourth-order valence-electron chi connectivity index (χ4n) is 6.16. The van der Waals surface area contributed by atoms with Crippen LogP contribution in [0.5, 0.6) is 0 Å². The van der Waals surface area contributed by atoms with Crippen LogP contribution in [0.1, 0.15) is 87.5 Å². The summed E-state index contributed by atoms with van der Waals surface area (Å²) in [6.07, 6.45) is 7.99. The molecule has 2 N–H and O–H groups in total. The minimum absolute atomic E-state index is 0.413. The average molecular weight is 596 g/mol. The number of carbonyl (C=O) groups is 1. The molecule has 4 aliphatic rings. The van der Waals surface area contributed by atoms with Crippen molar-refractivity contribution >= 4 is 29.5 Å². The molecule has 0 radical (unpaired) electrons. The van der Waals surface area contributed by atoms with E-state index in [4.69, 9.17) is 19.9 Å². The molecule has 0 spiro atoms.